The fraction of sp³-hybridized carbons (Fsp3) is 0.652. The summed E-state index contributed by atoms with van der Waals surface area (Å²) < 4.78 is 33.1. The molecule has 2 aliphatic rings. The molecule has 0 radical (unpaired) electrons. The minimum absolute atomic E-state index is 0.104. The van der Waals surface area contributed by atoms with Crippen LogP contribution in [-0.4, -0.2) is 113 Å². The summed E-state index contributed by atoms with van der Waals surface area (Å²) in [4.78, 5) is 0. The van der Waals surface area contributed by atoms with Gasteiger partial charge in [0.1, 0.15) is 42.7 Å². The predicted molar refractivity (Wildman–Crippen MR) is 119 cm³/mol. The lowest BCUT2D eigenvalue weighted by atomic mass is 9.98. The average Bonchev–Trinajstić information content (AvgIpc) is 2.85. The maximum Gasteiger partial charge on any atom is 0.229 e. The van der Waals surface area contributed by atoms with Crippen molar-refractivity contribution in [2.75, 3.05) is 20.8 Å². The molecule has 0 aromatic heterocycles. The summed E-state index contributed by atoms with van der Waals surface area (Å²) in [6.45, 7) is 4.79. The van der Waals surface area contributed by atoms with Gasteiger partial charge in [0.2, 0.25) is 12.0 Å². The Labute approximate surface area is 202 Å². The fourth-order valence-electron chi connectivity index (χ4n) is 3.94. The zero-order valence-electron chi connectivity index (χ0n) is 19.8. The molecule has 0 amide bonds. The number of allylic oxidation sites excluding steroid dienone is 1. The van der Waals surface area contributed by atoms with Crippen LogP contribution in [0.25, 0.3) is 0 Å². The van der Waals surface area contributed by atoms with Crippen LogP contribution < -0.4 is 14.2 Å². The van der Waals surface area contributed by atoms with Gasteiger partial charge < -0.3 is 59.1 Å². The van der Waals surface area contributed by atoms with Gasteiger partial charge in [-0.1, -0.05) is 6.08 Å². The van der Waals surface area contributed by atoms with Gasteiger partial charge in [-0.3, -0.25) is 0 Å². The maximum atomic E-state index is 10.5. The van der Waals surface area contributed by atoms with Crippen LogP contribution >= 0.6 is 0 Å². The highest BCUT2D eigenvalue weighted by Crippen LogP contribution is 2.40. The van der Waals surface area contributed by atoms with Crippen LogP contribution in [0.2, 0.25) is 0 Å². The highest BCUT2D eigenvalue weighted by molar-refractivity contribution is 5.54. The highest BCUT2D eigenvalue weighted by Gasteiger charge is 2.47. The molecule has 0 saturated carbocycles. The molecule has 2 saturated heterocycles. The van der Waals surface area contributed by atoms with Crippen molar-refractivity contribution in [3.63, 3.8) is 0 Å². The monoisotopic (exact) mass is 502 g/mol. The van der Waals surface area contributed by atoms with Crippen molar-refractivity contribution in [3.05, 3.63) is 30.4 Å². The van der Waals surface area contributed by atoms with E-state index < -0.39 is 68.0 Å². The van der Waals surface area contributed by atoms with Gasteiger partial charge in [0.15, 0.2) is 17.8 Å². The van der Waals surface area contributed by atoms with Crippen LogP contribution in [-0.2, 0) is 20.6 Å². The topological polar surface area (TPSA) is 177 Å². The number of aliphatic hydroxyl groups excluding tert-OH is 6. The lowest BCUT2D eigenvalue weighted by molar-refractivity contribution is -0.318. The molecule has 1 aromatic carbocycles. The van der Waals surface area contributed by atoms with Crippen molar-refractivity contribution >= 4 is 0 Å². The van der Waals surface area contributed by atoms with E-state index in [4.69, 9.17) is 28.4 Å². The molecule has 2 aliphatic heterocycles. The first-order valence-electron chi connectivity index (χ1n) is 11.2. The fourth-order valence-corrected chi connectivity index (χ4v) is 3.94. The van der Waals surface area contributed by atoms with Gasteiger partial charge in [0.05, 0.1) is 26.9 Å². The Morgan fingerprint density at radius 3 is 1.97 bits per heavy atom. The quantitative estimate of drug-likeness (QED) is 0.215. The first-order chi connectivity index (χ1) is 16.6. The van der Waals surface area contributed by atoms with E-state index in [1.807, 2.05) is 0 Å². The molecule has 12 heteroatoms. The van der Waals surface area contributed by atoms with E-state index >= 15 is 0 Å². The molecule has 2 heterocycles. The lowest BCUT2D eigenvalue weighted by Crippen LogP contribution is -2.61. The third kappa shape index (κ3) is 5.88. The van der Waals surface area contributed by atoms with Gasteiger partial charge in [0.25, 0.3) is 0 Å². The van der Waals surface area contributed by atoms with Crippen molar-refractivity contribution in [1.82, 2.24) is 0 Å². The lowest BCUT2D eigenvalue weighted by Gasteiger charge is -2.42. The van der Waals surface area contributed by atoms with Crippen LogP contribution in [0, 0.1) is 0 Å². The number of hydrogen-bond acceptors (Lipinski definition) is 12. The van der Waals surface area contributed by atoms with E-state index in [-0.39, 0.29) is 17.2 Å². The zero-order chi connectivity index (χ0) is 25.9. The molecule has 0 unspecified atom stereocenters. The number of hydrogen-bond donors (Lipinski definition) is 6. The van der Waals surface area contributed by atoms with Crippen molar-refractivity contribution < 1.29 is 59.1 Å². The minimum atomic E-state index is -1.66. The molecule has 1 aromatic rings. The van der Waals surface area contributed by atoms with Crippen LogP contribution in [0.3, 0.4) is 0 Å². The molecule has 0 aliphatic carbocycles. The minimum Gasteiger partial charge on any atom is -0.493 e. The molecular weight excluding hydrogens is 468 g/mol. The summed E-state index contributed by atoms with van der Waals surface area (Å²) in [5.41, 5.74) is 0.834. The van der Waals surface area contributed by atoms with Crippen molar-refractivity contribution in [2.45, 2.75) is 74.8 Å². The Kier molecular flexibility index (Phi) is 9.32. The summed E-state index contributed by atoms with van der Waals surface area (Å²) in [6.07, 6.45) is -11.8. The van der Waals surface area contributed by atoms with Crippen molar-refractivity contribution in [2.24, 2.45) is 0 Å². The Balaban J connectivity index is 1.75. The van der Waals surface area contributed by atoms with Crippen LogP contribution in [0.1, 0.15) is 12.5 Å². The molecule has 2 fully saturated rings. The van der Waals surface area contributed by atoms with Gasteiger partial charge in [-0.25, -0.2) is 0 Å². The van der Waals surface area contributed by atoms with E-state index in [1.54, 1.807) is 18.2 Å². The van der Waals surface area contributed by atoms with Gasteiger partial charge in [-0.15, -0.1) is 6.58 Å². The van der Waals surface area contributed by atoms with Crippen LogP contribution in [0.4, 0.5) is 0 Å². The van der Waals surface area contributed by atoms with E-state index in [0.29, 0.717) is 6.42 Å². The van der Waals surface area contributed by atoms with E-state index in [1.165, 1.54) is 21.1 Å². The highest BCUT2D eigenvalue weighted by atomic mass is 16.7. The molecular formula is C23H34O12. The molecule has 35 heavy (non-hydrogen) atoms. The maximum absolute atomic E-state index is 10.5. The number of benzene rings is 1. The van der Waals surface area contributed by atoms with E-state index in [0.717, 1.165) is 5.56 Å². The van der Waals surface area contributed by atoms with Crippen LogP contribution in [0.15, 0.2) is 24.8 Å². The second-order valence-electron chi connectivity index (χ2n) is 8.47. The molecule has 12 nitrogen and oxygen atoms in total. The third-order valence-electron chi connectivity index (χ3n) is 6.04. The summed E-state index contributed by atoms with van der Waals surface area (Å²) in [5.74, 6) is 0.670. The summed E-state index contributed by atoms with van der Waals surface area (Å²) in [6, 6.07) is 3.40. The van der Waals surface area contributed by atoms with Gasteiger partial charge >= 0.3 is 0 Å². The van der Waals surface area contributed by atoms with E-state index in [2.05, 4.69) is 6.58 Å². The smallest absolute Gasteiger partial charge is 0.229 e. The van der Waals surface area contributed by atoms with E-state index in [9.17, 15) is 30.6 Å². The normalized spacial score (nSPS) is 37.5. The standard InChI is InChI=1S/C23H34O12/c1-5-6-11-7-12(30-3)21(13(8-11)31-4)35-23-20(29)18(27)16(25)14(34-23)9-32-22-19(28)17(26)15(24)10(2)33-22/h5,7-8,10,14-20,22-29H,1,6,9H2,2-4H3/t10-,14-,15+,16-,17-,18+,19-,20-,22-,23+/m1/s1. The second kappa shape index (κ2) is 11.8. The van der Waals surface area contributed by atoms with Gasteiger partial charge in [-0.2, -0.15) is 0 Å². The third-order valence-corrected chi connectivity index (χ3v) is 6.04. The summed E-state index contributed by atoms with van der Waals surface area (Å²) >= 11 is 0. The summed E-state index contributed by atoms with van der Waals surface area (Å²) in [7, 11) is 2.85. The molecule has 3 rings (SSSR count). The van der Waals surface area contributed by atoms with Crippen molar-refractivity contribution in [1.29, 1.82) is 0 Å². The van der Waals surface area contributed by atoms with Gasteiger partial charge in [0, 0.05) is 0 Å². The first-order valence-corrected chi connectivity index (χ1v) is 11.2. The predicted octanol–water partition coefficient (Wildman–Crippen LogP) is -1.54. The van der Waals surface area contributed by atoms with Gasteiger partial charge in [-0.05, 0) is 31.0 Å². The average molecular weight is 503 g/mol. The molecule has 6 N–H and O–H groups in total. The number of aliphatic hydroxyl groups is 6. The molecule has 10 atom stereocenters. The molecule has 0 bridgehead atoms. The number of rotatable bonds is 9. The largest absolute Gasteiger partial charge is 0.493 e. The Morgan fingerprint density at radius 2 is 1.40 bits per heavy atom. The zero-order valence-corrected chi connectivity index (χ0v) is 19.8. The second-order valence-corrected chi connectivity index (χ2v) is 8.47. The number of ether oxygens (including phenoxy) is 6. The van der Waals surface area contributed by atoms with Crippen LogP contribution in [0.5, 0.6) is 17.2 Å². The molecule has 198 valence electrons. The Morgan fingerprint density at radius 1 is 0.829 bits per heavy atom. The first kappa shape index (κ1) is 27.6. The molecule has 0 spiro atoms. The Hall–Kier alpha value is -2.00. The van der Waals surface area contributed by atoms with Crippen molar-refractivity contribution in [3.8, 4) is 17.2 Å². The SMILES string of the molecule is C=CCc1cc(OC)c(O[C@@H]2O[C@H](CO[C@@H]3O[C@H](C)[C@H](O)[C@@H](O)[C@H]3O)[C@@H](O)[C@H](O)[C@H]2O)c(OC)c1. The number of methoxy groups -OCH3 is 2. The summed E-state index contributed by atoms with van der Waals surface area (Å²) in [5, 5.41) is 61.2. The Bertz CT molecular complexity index is 825.